The maximum atomic E-state index is 9.19. The van der Waals surface area contributed by atoms with Crippen molar-refractivity contribution in [2.24, 2.45) is 4.99 Å². The van der Waals surface area contributed by atoms with Gasteiger partial charge < -0.3 is 9.32 Å². The van der Waals surface area contributed by atoms with Crippen molar-refractivity contribution in [2.75, 3.05) is 19.8 Å². The van der Waals surface area contributed by atoms with Crippen LogP contribution in [0.3, 0.4) is 0 Å². The highest BCUT2D eigenvalue weighted by atomic mass is 32.2. The summed E-state index contributed by atoms with van der Waals surface area (Å²) in [5, 5.41) is 1.18. The van der Waals surface area contributed by atoms with Crippen molar-refractivity contribution < 1.29 is 17.4 Å². The van der Waals surface area contributed by atoms with Crippen molar-refractivity contribution in [2.45, 2.75) is 31.7 Å². The first-order chi connectivity index (χ1) is 14.2. The van der Waals surface area contributed by atoms with Gasteiger partial charge in [-0.1, -0.05) is 48.5 Å². The predicted octanol–water partition coefficient (Wildman–Crippen LogP) is 4.39. The molecule has 0 saturated carbocycles. The summed E-state index contributed by atoms with van der Waals surface area (Å²) in [6, 6.07) is 21.3. The molecule has 0 radical (unpaired) electrons. The van der Waals surface area contributed by atoms with E-state index >= 15 is 0 Å². The van der Waals surface area contributed by atoms with E-state index in [4.69, 9.17) is 14.0 Å². The van der Waals surface area contributed by atoms with E-state index in [-0.39, 0.29) is 6.04 Å². The summed E-state index contributed by atoms with van der Waals surface area (Å²) in [7, 11) is -1.53. The average Bonchev–Trinajstić information content (AvgIpc) is 3.25. The first kappa shape index (κ1) is 22.1. The third-order valence-corrected chi connectivity index (χ3v) is 4.95. The fourth-order valence-corrected chi connectivity index (χ4v) is 3.68. The summed E-state index contributed by atoms with van der Waals surface area (Å²) >= 11 is 0. The molecule has 6 nitrogen and oxygen atoms in total. The number of hydrogen-bond donors (Lipinski definition) is 1. The summed E-state index contributed by atoms with van der Waals surface area (Å²) in [4.78, 5) is 7.26. The smallest absolute Gasteiger partial charge is 0.261 e. The first-order valence-corrected chi connectivity index (χ1v) is 11.8. The number of likely N-dealkylation sites (tertiary alicyclic amines) is 1. The molecule has 1 aliphatic heterocycles. The monoisotopic (exact) mass is 428 g/mol. The van der Waals surface area contributed by atoms with E-state index in [2.05, 4.69) is 67.4 Å². The largest absolute Gasteiger partial charge is 0.461 e. The number of hydrogen-bond acceptors (Lipinski definition) is 4. The van der Waals surface area contributed by atoms with E-state index in [9.17, 15) is 8.42 Å². The second-order valence-corrected chi connectivity index (χ2v) is 9.25. The van der Waals surface area contributed by atoms with Crippen LogP contribution in [-0.2, 0) is 16.5 Å². The van der Waals surface area contributed by atoms with Crippen molar-refractivity contribution in [1.29, 1.82) is 0 Å². The summed E-state index contributed by atoms with van der Waals surface area (Å²) in [6.45, 7) is 3.17. The van der Waals surface area contributed by atoms with Crippen LogP contribution in [0, 0.1) is 0 Å². The number of amidine groups is 1. The van der Waals surface area contributed by atoms with Gasteiger partial charge in [-0.25, -0.2) is 0 Å². The van der Waals surface area contributed by atoms with Gasteiger partial charge in [0.15, 0.2) is 0 Å². The minimum Gasteiger partial charge on any atom is -0.461 e. The molecule has 1 saturated heterocycles. The maximum Gasteiger partial charge on any atom is 0.261 e. The topological polar surface area (TPSA) is 83.1 Å². The molecular formula is C23H28N2O4S. The molecule has 1 N–H and O–H groups in total. The number of fused-ring (bicyclic) bond motifs is 1. The van der Waals surface area contributed by atoms with Gasteiger partial charge in [-0.3, -0.25) is 9.55 Å². The van der Waals surface area contributed by atoms with Crippen molar-refractivity contribution in [3.8, 4) is 0 Å². The number of rotatable bonds is 4. The van der Waals surface area contributed by atoms with E-state index in [1.807, 2.05) is 12.1 Å². The van der Waals surface area contributed by atoms with Crippen LogP contribution in [0.15, 0.2) is 70.1 Å². The van der Waals surface area contributed by atoms with Gasteiger partial charge in [-0.2, -0.15) is 8.42 Å². The summed E-state index contributed by atoms with van der Waals surface area (Å²) in [5.74, 6) is 2.66. The molecule has 1 fully saturated rings. The number of benzene rings is 2. The van der Waals surface area contributed by atoms with Crippen LogP contribution in [0.25, 0.3) is 11.0 Å². The molecule has 2 unspecified atom stereocenters. The Morgan fingerprint density at radius 3 is 2.47 bits per heavy atom. The van der Waals surface area contributed by atoms with Gasteiger partial charge in [0.25, 0.3) is 10.1 Å². The fraction of sp³-hybridized carbons (Fsp3) is 0.348. The zero-order chi connectivity index (χ0) is 21.7. The quantitative estimate of drug-likeness (QED) is 0.623. The molecule has 4 rings (SSSR count). The number of aliphatic imine (C=N–C) groups is 1. The molecule has 2 atom stereocenters. The predicted molar refractivity (Wildman–Crippen MR) is 121 cm³/mol. The highest BCUT2D eigenvalue weighted by Crippen LogP contribution is 2.32. The van der Waals surface area contributed by atoms with E-state index in [1.165, 1.54) is 16.8 Å². The molecule has 0 aliphatic carbocycles. The molecule has 2 aromatic carbocycles. The summed E-state index contributed by atoms with van der Waals surface area (Å²) in [5.41, 5.74) is 2.32. The molecule has 0 bridgehead atoms. The van der Waals surface area contributed by atoms with E-state index < -0.39 is 10.1 Å². The second kappa shape index (κ2) is 9.45. The van der Waals surface area contributed by atoms with Crippen LogP contribution < -0.4 is 0 Å². The van der Waals surface area contributed by atoms with Crippen LogP contribution in [-0.4, -0.2) is 49.6 Å². The number of nitrogens with zero attached hydrogens (tertiary/aromatic N) is 2. The standard InChI is InChI=1S/C22H24N2O.CH4O3S/c1-16(12-17-8-4-3-5-9-17)23-22-14-19(15-24(22)2)21-13-18-10-6-7-11-20(18)25-21;1-5(2,3)4/h3-11,13,16,19H,12,14-15H2,1-2H3;1H3,(H,2,3,4). The Morgan fingerprint density at radius 2 is 1.80 bits per heavy atom. The Morgan fingerprint density at radius 1 is 1.17 bits per heavy atom. The Labute approximate surface area is 178 Å². The SMILES string of the molecule is CC(Cc1ccccc1)N=C1CC(c2cc3ccccc3o2)CN1C.CS(=O)(=O)O. The molecule has 1 aliphatic rings. The third kappa shape index (κ3) is 6.43. The Kier molecular flexibility index (Phi) is 6.95. The van der Waals surface area contributed by atoms with Gasteiger partial charge in [0.1, 0.15) is 11.3 Å². The molecular weight excluding hydrogens is 400 g/mol. The Balaban J connectivity index is 0.000000461. The van der Waals surface area contributed by atoms with Crippen molar-refractivity contribution in [3.05, 3.63) is 72.0 Å². The fourth-order valence-electron chi connectivity index (χ4n) is 3.68. The first-order valence-electron chi connectivity index (χ1n) is 9.91. The Hall–Kier alpha value is -2.64. The second-order valence-electron chi connectivity index (χ2n) is 7.79. The van der Waals surface area contributed by atoms with E-state index in [1.54, 1.807) is 0 Å². The average molecular weight is 429 g/mol. The van der Waals surface area contributed by atoms with E-state index in [0.29, 0.717) is 12.2 Å². The number of likely N-dealkylation sites (N-methyl/N-ethyl adjacent to an activating group) is 1. The van der Waals surface area contributed by atoms with Gasteiger partial charge in [0, 0.05) is 31.3 Å². The lowest BCUT2D eigenvalue weighted by Crippen LogP contribution is -2.21. The molecule has 1 aromatic heterocycles. The molecule has 0 amide bonds. The highest BCUT2D eigenvalue weighted by Gasteiger charge is 2.29. The maximum absolute atomic E-state index is 9.19. The van der Waals surface area contributed by atoms with Crippen molar-refractivity contribution in [3.63, 3.8) is 0 Å². The third-order valence-electron chi connectivity index (χ3n) is 4.95. The minimum absolute atomic E-state index is 0.286. The molecule has 160 valence electrons. The molecule has 30 heavy (non-hydrogen) atoms. The lowest BCUT2D eigenvalue weighted by atomic mass is 10.0. The van der Waals surface area contributed by atoms with Crippen LogP contribution in [0.2, 0.25) is 0 Å². The lowest BCUT2D eigenvalue weighted by Gasteiger charge is -2.14. The normalized spacial score (nSPS) is 19.0. The van der Waals surface area contributed by atoms with Gasteiger partial charge in [0.2, 0.25) is 0 Å². The summed E-state index contributed by atoms with van der Waals surface area (Å²) < 4.78 is 31.9. The number of furan rings is 1. The molecule has 2 heterocycles. The highest BCUT2D eigenvalue weighted by molar-refractivity contribution is 7.85. The molecule has 0 spiro atoms. The van der Waals surface area contributed by atoms with Gasteiger partial charge >= 0.3 is 0 Å². The van der Waals surface area contributed by atoms with Gasteiger partial charge in [-0.05, 0) is 31.0 Å². The van der Waals surface area contributed by atoms with Crippen LogP contribution in [0.4, 0.5) is 0 Å². The Bertz CT molecular complexity index is 1070. The summed E-state index contributed by atoms with van der Waals surface area (Å²) in [6.07, 6.45) is 2.65. The minimum atomic E-state index is -3.67. The van der Waals surface area contributed by atoms with Crippen molar-refractivity contribution in [1.82, 2.24) is 4.90 Å². The number of para-hydroxylation sites is 1. The zero-order valence-corrected chi connectivity index (χ0v) is 18.3. The molecule has 7 heteroatoms. The lowest BCUT2D eigenvalue weighted by molar-refractivity contribution is 0.455. The van der Waals surface area contributed by atoms with Gasteiger partial charge in [0.05, 0.1) is 18.1 Å². The molecule has 3 aromatic rings. The van der Waals surface area contributed by atoms with Crippen LogP contribution in [0.1, 0.15) is 30.6 Å². The van der Waals surface area contributed by atoms with Crippen LogP contribution in [0.5, 0.6) is 0 Å². The van der Waals surface area contributed by atoms with Gasteiger partial charge in [-0.15, -0.1) is 0 Å². The van der Waals surface area contributed by atoms with E-state index in [0.717, 1.165) is 30.7 Å². The zero-order valence-electron chi connectivity index (χ0n) is 17.5. The van der Waals surface area contributed by atoms with Crippen LogP contribution >= 0.6 is 0 Å². The van der Waals surface area contributed by atoms with Crippen molar-refractivity contribution >= 4 is 26.9 Å².